The number of ether oxygens (including phenoxy) is 1. The molecule has 0 spiro atoms. The van der Waals surface area contributed by atoms with Gasteiger partial charge in [-0.25, -0.2) is 21.6 Å². The number of aliphatic hydroxyl groups excluding tert-OH is 1. The van der Waals surface area contributed by atoms with Crippen LogP contribution in [0.5, 0.6) is 5.75 Å². The van der Waals surface area contributed by atoms with Gasteiger partial charge in [-0.05, 0) is 18.2 Å². The second kappa shape index (κ2) is 8.05. The van der Waals surface area contributed by atoms with Gasteiger partial charge in [0.05, 0.1) is 18.7 Å². The molecule has 1 heterocycles. The molecule has 2 aromatic rings. The first-order valence-electron chi connectivity index (χ1n) is 8.36. The zero-order valence-corrected chi connectivity index (χ0v) is 16.6. The fraction of sp³-hybridized carbons (Fsp3) is 0.278. The Morgan fingerprint density at radius 3 is 2.53 bits per heavy atom. The van der Waals surface area contributed by atoms with Gasteiger partial charge in [0, 0.05) is 23.7 Å². The molecule has 1 aliphatic heterocycles. The maximum Gasteiger partial charge on any atom is 0.244 e. The highest BCUT2D eigenvalue weighted by atomic mass is 35.5. The van der Waals surface area contributed by atoms with E-state index in [4.69, 9.17) is 16.3 Å². The van der Waals surface area contributed by atoms with Gasteiger partial charge in [0.25, 0.3) is 0 Å². The summed E-state index contributed by atoms with van der Waals surface area (Å²) >= 11 is 5.78. The molecule has 0 aliphatic carbocycles. The molecule has 2 atom stereocenters. The van der Waals surface area contributed by atoms with Crippen LogP contribution in [0.2, 0.25) is 5.02 Å². The number of nitrogens with zero attached hydrogens (tertiary/aromatic N) is 2. The summed E-state index contributed by atoms with van der Waals surface area (Å²) in [4.78, 5) is -0.394. The van der Waals surface area contributed by atoms with E-state index in [0.717, 1.165) is 16.4 Å². The van der Waals surface area contributed by atoms with Gasteiger partial charge in [-0.3, -0.25) is 0 Å². The Balaban J connectivity index is 1.95. The third-order valence-corrected chi connectivity index (χ3v) is 6.72. The minimum atomic E-state index is -4.36. The zero-order chi connectivity index (χ0) is 22.3. The van der Waals surface area contributed by atoms with E-state index >= 15 is 0 Å². The predicted molar refractivity (Wildman–Crippen MR) is 97.7 cm³/mol. The van der Waals surface area contributed by atoms with Gasteiger partial charge in [0.15, 0.2) is 23.2 Å². The Morgan fingerprint density at radius 2 is 1.90 bits per heavy atom. The number of sulfonamides is 1. The SMILES string of the molecule is N#Cc1cc(Cl)ccc1S(=O)(=O)N1C[C@H](Oc2cc(F)c(F)cc2F)[C@](O)(CO)C1. The van der Waals surface area contributed by atoms with Crippen LogP contribution in [0.4, 0.5) is 13.2 Å². The molecule has 2 aromatic carbocycles. The van der Waals surface area contributed by atoms with Crippen molar-refractivity contribution in [2.24, 2.45) is 0 Å². The molecule has 160 valence electrons. The summed E-state index contributed by atoms with van der Waals surface area (Å²) in [5, 5.41) is 29.6. The first-order valence-corrected chi connectivity index (χ1v) is 10.2. The average Bonchev–Trinajstić information content (AvgIpc) is 3.03. The van der Waals surface area contributed by atoms with Gasteiger partial charge in [-0.15, -0.1) is 0 Å². The van der Waals surface area contributed by atoms with E-state index in [1.165, 1.54) is 6.07 Å². The van der Waals surface area contributed by atoms with E-state index < -0.39 is 69.5 Å². The normalized spacial score (nSPS) is 22.1. The summed E-state index contributed by atoms with van der Waals surface area (Å²) in [7, 11) is -4.36. The van der Waals surface area contributed by atoms with Crippen LogP contribution in [0.25, 0.3) is 0 Å². The van der Waals surface area contributed by atoms with Crippen molar-refractivity contribution in [3.05, 3.63) is 58.4 Å². The molecule has 1 fully saturated rings. The van der Waals surface area contributed by atoms with E-state index in [2.05, 4.69) is 0 Å². The molecule has 2 N–H and O–H groups in total. The zero-order valence-electron chi connectivity index (χ0n) is 15.0. The molecule has 0 radical (unpaired) electrons. The van der Waals surface area contributed by atoms with Crippen LogP contribution >= 0.6 is 11.6 Å². The van der Waals surface area contributed by atoms with Gasteiger partial charge in [-0.1, -0.05) is 11.6 Å². The number of β-amino-alcohol motifs (C(OH)–C–C–N with tert-alkyl or cyclic N) is 1. The molecule has 1 aliphatic rings. The van der Waals surface area contributed by atoms with Crippen molar-refractivity contribution in [2.45, 2.75) is 16.6 Å². The predicted octanol–water partition coefficient (Wildman–Crippen LogP) is 1.80. The smallest absolute Gasteiger partial charge is 0.244 e. The second-order valence-electron chi connectivity index (χ2n) is 6.61. The fourth-order valence-electron chi connectivity index (χ4n) is 3.01. The molecule has 30 heavy (non-hydrogen) atoms. The summed E-state index contributed by atoms with van der Waals surface area (Å²) in [6.45, 7) is -2.19. The minimum Gasteiger partial charge on any atom is -0.483 e. The summed E-state index contributed by atoms with van der Waals surface area (Å²) in [5.74, 6) is -4.92. The van der Waals surface area contributed by atoms with Crippen LogP contribution in [0.15, 0.2) is 35.2 Å². The molecule has 0 unspecified atom stereocenters. The van der Waals surface area contributed by atoms with Gasteiger partial charge in [-0.2, -0.15) is 9.57 Å². The molecule has 3 rings (SSSR count). The minimum absolute atomic E-state index is 0.133. The number of nitriles is 1. The molecular formula is C18H14ClF3N2O5S. The molecule has 7 nitrogen and oxygen atoms in total. The maximum atomic E-state index is 13.9. The Labute approximate surface area is 174 Å². The standard InChI is InChI=1S/C18H14ClF3N2O5S/c19-11-1-2-16(10(3-11)6-23)30(27,28)24-7-17(18(26,8-24)9-25)29-15-5-13(21)12(20)4-14(15)22/h1-5,17,25-26H,7-9H2/t17-,18+/m0/s1. The Kier molecular flexibility index (Phi) is 5.99. The van der Waals surface area contributed by atoms with Crippen LogP contribution in [0.1, 0.15) is 5.56 Å². The number of benzene rings is 2. The van der Waals surface area contributed by atoms with E-state index in [1.807, 2.05) is 0 Å². The largest absolute Gasteiger partial charge is 0.483 e. The monoisotopic (exact) mass is 462 g/mol. The van der Waals surface area contributed by atoms with Crippen molar-refractivity contribution >= 4 is 21.6 Å². The lowest BCUT2D eigenvalue weighted by molar-refractivity contribution is -0.0650. The Bertz CT molecular complexity index is 1140. The number of hydrogen-bond donors (Lipinski definition) is 2. The summed E-state index contributed by atoms with van der Waals surface area (Å²) in [5.41, 5.74) is -2.42. The number of hydrogen-bond acceptors (Lipinski definition) is 6. The number of rotatable bonds is 5. The fourth-order valence-corrected chi connectivity index (χ4v) is 4.81. The summed E-state index contributed by atoms with van der Waals surface area (Å²) in [6.07, 6.45) is -1.52. The van der Waals surface area contributed by atoms with Gasteiger partial charge < -0.3 is 14.9 Å². The van der Waals surface area contributed by atoms with E-state index in [1.54, 1.807) is 6.07 Å². The summed E-state index contributed by atoms with van der Waals surface area (Å²) in [6, 6.07) is 5.87. The van der Waals surface area contributed by atoms with Crippen molar-refractivity contribution in [1.82, 2.24) is 4.31 Å². The first-order chi connectivity index (χ1) is 14.0. The topological polar surface area (TPSA) is 111 Å². The van der Waals surface area contributed by atoms with Crippen LogP contribution in [0, 0.1) is 28.8 Å². The molecular weight excluding hydrogens is 449 g/mol. The first kappa shape index (κ1) is 22.3. The van der Waals surface area contributed by atoms with Gasteiger partial charge >= 0.3 is 0 Å². The highest BCUT2D eigenvalue weighted by Crippen LogP contribution is 2.33. The van der Waals surface area contributed by atoms with E-state index in [9.17, 15) is 37.1 Å². The molecule has 0 saturated carbocycles. The van der Waals surface area contributed by atoms with E-state index in [-0.39, 0.29) is 16.7 Å². The van der Waals surface area contributed by atoms with Gasteiger partial charge in [0.1, 0.15) is 22.7 Å². The van der Waals surface area contributed by atoms with Crippen LogP contribution < -0.4 is 4.74 Å². The number of halogens is 4. The third kappa shape index (κ3) is 3.97. The lowest BCUT2D eigenvalue weighted by atomic mass is 10.0. The lowest BCUT2D eigenvalue weighted by Crippen LogP contribution is -2.48. The Morgan fingerprint density at radius 1 is 1.23 bits per heavy atom. The quantitative estimate of drug-likeness (QED) is 0.656. The van der Waals surface area contributed by atoms with Gasteiger partial charge in [0.2, 0.25) is 10.0 Å². The lowest BCUT2D eigenvalue weighted by Gasteiger charge is -2.27. The molecule has 0 bridgehead atoms. The highest BCUT2D eigenvalue weighted by molar-refractivity contribution is 7.89. The maximum absolute atomic E-state index is 13.9. The van der Waals surface area contributed by atoms with Crippen LogP contribution in [-0.4, -0.2) is 54.3 Å². The van der Waals surface area contributed by atoms with E-state index in [0.29, 0.717) is 6.07 Å². The Hall–Kier alpha value is -2.36. The van der Waals surface area contributed by atoms with Crippen molar-refractivity contribution in [3.63, 3.8) is 0 Å². The molecule has 12 heteroatoms. The van der Waals surface area contributed by atoms with Crippen LogP contribution in [-0.2, 0) is 10.0 Å². The van der Waals surface area contributed by atoms with Crippen molar-refractivity contribution < 1.29 is 36.5 Å². The van der Waals surface area contributed by atoms with Crippen molar-refractivity contribution in [1.29, 1.82) is 5.26 Å². The molecule has 0 aromatic heterocycles. The van der Waals surface area contributed by atoms with Crippen molar-refractivity contribution in [2.75, 3.05) is 19.7 Å². The highest BCUT2D eigenvalue weighted by Gasteiger charge is 2.51. The second-order valence-corrected chi connectivity index (χ2v) is 8.96. The third-order valence-electron chi connectivity index (χ3n) is 4.62. The van der Waals surface area contributed by atoms with Crippen molar-refractivity contribution in [3.8, 4) is 11.8 Å². The summed E-state index contributed by atoms with van der Waals surface area (Å²) < 4.78 is 72.4. The molecule has 0 amide bonds. The van der Waals surface area contributed by atoms with Crippen LogP contribution in [0.3, 0.4) is 0 Å². The molecule has 1 saturated heterocycles. The average molecular weight is 463 g/mol. The number of aliphatic hydroxyl groups is 2.